The number of hydrogen-bond donors (Lipinski definition) is 0. The molecule has 2 aromatic carbocycles. The Morgan fingerprint density at radius 3 is 2.11 bits per heavy atom. The first kappa shape index (κ1) is 11.3. The Bertz CT molecular complexity index is 553. The Hall–Kier alpha value is -1.76. The van der Waals surface area contributed by atoms with Gasteiger partial charge in [-0.3, -0.25) is 0 Å². The van der Waals surface area contributed by atoms with Crippen LogP contribution in [0.15, 0.2) is 48.5 Å². The van der Waals surface area contributed by atoms with Crippen LogP contribution < -0.4 is 4.90 Å². The quantitative estimate of drug-likeness (QED) is 0.712. The van der Waals surface area contributed by atoms with E-state index in [2.05, 4.69) is 74.2 Å². The maximum atomic E-state index is 2.51. The molecule has 1 aliphatic heterocycles. The number of aryl methyl sites for hydroxylation is 2. The highest BCUT2D eigenvalue weighted by atomic mass is 15.4. The van der Waals surface area contributed by atoms with E-state index >= 15 is 0 Å². The lowest BCUT2D eigenvalue weighted by Gasteiger charge is -2.18. The predicted molar refractivity (Wildman–Crippen MR) is 77.1 cm³/mol. The molecule has 1 unspecified atom stereocenters. The molecule has 0 radical (unpaired) electrons. The smallest absolute Gasteiger partial charge is 0.0801 e. The highest BCUT2D eigenvalue weighted by Crippen LogP contribution is 2.47. The summed E-state index contributed by atoms with van der Waals surface area (Å²) in [4.78, 5) is 2.51. The van der Waals surface area contributed by atoms with Crippen LogP contribution in [0.25, 0.3) is 0 Å². The summed E-state index contributed by atoms with van der Waals surface area (Å²) in [6.07, 6.45) is 0. The molecule has 0 N–H and O–H groups in total. The molecule has 0 spiro atoms. The van der Waals surface area contributed by atoms with Crippen LogP contribution in [0.2, 0.25) is 0 Å². The van der Waals surface area contributed by atoms with E-state index in [-0.39, 0.29) is 5.54 Å². The molecule has 1 fully saturated rings. The molecule has 1 nitrogen and oxygen atoms in total. The predicted octanol–water partition coefficient (Wildman–Crippen LogP) is 4.04. The van der Waals surface area contributed by atoms with E-state index in [0.29, 0.717) is 0 Å². The Balaban J connectivity index is 1.99. The van der Waals surface area contributed by atoms with Crippen molar-refractivity contribution in [1.29, 1.82) is 0 Å². The molecule has 3 rings (SSSR count). The van der Waals surface area contributed by atoms with Crippen LogP contribution in [-0.2, 0) is 5.54 Å². The largest absolute Gasteiger partial charge is 0.357 e. The summed E-state index contributed by atoms with van der Waals surface area (Å²) in [6.45, 7) is 7.84. The highest BCUT2D eigenvalue weighted by Gasteiger charge is 2.49. The number of benzene rings is 2. The van der Waals surface area contributed by atoms with Crippen LogP contribution >= 0.6 is 0 Å². The zero-order valence-corrected chi connectivity index (χ0v) is 11.3. The first-order chi connectivity index (χ1) is 8.63. The number of hydrogen-bond acceptors (Lipinski definition) is 1. The SMILES string of the molecule is Cc1cccc(C)c1N1CC1(C)c1ccccc1. The van der Waals surface area contributed by atoms with Gasteiger partial charge in [-0.1, -0.05) is 48.5 Å². The van der Waals surface area contributed by atoms with Gasteiger partial charge in [0.1, 0.15) is 0 Å². The monoisotopic (exact) mass is 237 g/mol. The van der Waals surface area contributed by atoms with Crippen LogP contribution in [0.5, 0.6) is 0 Å². The van der Waals surface area contributed by atoms with E-state index in [1.165, 1.54) is 22.4 Å². The molecule has 0 saturated carbocycles. The Labute approximate surface area is 109 Å². The lowest BCUT2D eigenvalue weighted by atomic mass is 10.0. The van der Waals surface area contributed by atoms with Crippen molar-refractivity contribution in [3.8, 4) is 0 Å². The van der Waals surface area contributed by atoms with Gasteiger partial charge in [0.15, 0.2) is 0 Å². The lowest BCUT2D eigenvalue weighted by molar-refractivity contribution is 0.795. The molecule has 0 amide bonds. The number of rotatable bonds is 2. The van der Waals surface area contributed by atoms with E-state index in [4.69, 9.17) is 0 Å². The van der Waals surface area contributed by atoms with Crippen molar-refractivity contribution >= 4 is 5.69 Å². The maximum Gasteiger partial charge on any atom is 0.0801 e. The third kappa shape index (κ3) is 1.62. The van der Waals surface area contributed by atoms with Gasteiger partial charge in [0.25, 0.3) is 0 Å². The van der Waals surface area contributed by atoms with Gasteiger partial charge in [-0.05, 0) is 37.5 Å². The molecule has 0 aliphatic carbocycles. The zero-order chi connectivity index (χ0) is 12.8. The summed E-state index contributed by atoms with van der Waals surface area (Å²) < 4.78 is 0. The minimum absolute atomic E-state index is 0.179. The third-order valence-electron chi connectivity index (χ3n) is 4.06. The Morgan fingerprint density at radius 2 is 1.50 bits per heavy atom. The first-order valence-electron chi connectivity index (χ1n) is 6.52. The first-order valence-corrected chi connectivity index (χ1v) is 6.52. The van der Waals surface area contributed by atoms with Gasteiger partial charge < -0.3 is 4.90 Å². The second kappa shape index (κ2) is 3.88. The molecule has 1 atom stereocenters. The maximum absolute atomic E-state index is 2.51. The fourth-order valence-electron chi connectivity index (χ4n) is 2.87. The Morgan fingerprint density at radius 1 is 0.889 bits per heavy atom. The molecule has 1 heterocycles. The fourth-order valence-corrected chi connectivity index (χ4v) is 2.87. The lowest BCUT2D eigenvalue weighted by Crippen LogP contribution is -2.12. The molecule has 1 heteroatoms. The molecule has 2 aromatic rings. The van der Waals surface area contributed by atoms with Gasteiger partial charge >= 0.3 is 0 Å². The summed E-state index contributed by atoms with van der Waals surface area (Å²) in [5.41, 5.74) is 5.74. The van der Waals surface area contributed by atoms with Crippen molar-refractivity contribution in [3.05, 3.63) is 65.2 Å². The van der Waals surface area contributed by atoms with Crippen LogP contribution in [0.1, 0.15) is 23.6 Å². The third-order valence-corrected chi connectivity index (χ3v) is 4.06. The molecular weight excluding hydrogens is 218 g/mol. The van der Waals surface area contributed by atoms with Crippen molar-refractivity contribution in [2.24, 2.45) is 0 Å². The number of para-hydroxylation sites is 1. The van der Waals surface area contributed by atoms with Crippen LogP contribution in [0, 0.1) is 13.8 Å². The fraction of sp³-hybridized carbons (Fsp3) is 0.294. The molecule has 0 aromatic heterocycles. The summed E-state index contributed by atoms with van der Waals surface area (Å²) in [6, 6.07) is 17.3. The molecule has 1 saturated heterocycles. The Kier molecular flexibility index (Phi) is 2.44. The number of anilines is 1. The normalized spacial score (nSPS) is 22.1. The average molecular weight is 237 g/mol. The zero-order valence-electron chi connectivity index (χ0n) is 11.3. The van der Waals surface area contributed by atoms with Gasteiger partial charge in [-0.15, -0.1) is 0 Å². The minimum atomic E-state index is 0.179. The van der Waals surface area contributed by atoms with Crippen LogP contribution in [0.4, 0.5) is 5.69 Å². The van der Waals surface area contributed by atoms with Crippen molar-refractivity contribution in [3.63, 3.8) is 0 Å². The van der Waals surface area contributed by atoms with Gasteiger partial charge in [0.2, 0.25) is 0 Å². The van der Waals surface area contributed by atoms with Gasteiger partial charge in [-0.25, -0.2) is 0 Å². The molecule has 92 valence electrons. The molecule has 1 aliphatic rings. The van der Waals surface area contributed by atoms with E-state index in [9.17, 15) is 0 Å². The van der Waals surface area contributed by atoms with Crippen LogP contribution in [-0.4, -0.2) is 6.54 Å². The molecule has 18 heavy (non-hydrogen) atoms. The van der Waals surface area contributed by atoms with Gasteiger partial charge in [0.05, 0.1) is 5.54 Å². The van der Waals surface area contributed by atoms with Crippen molar-refractivity contribution in [1.82, 2.24) is 0 Å². The second-order valence-corrected chi connectivity index (χ2v) is 5.47. The summed E-state index contributed by atoms with van der Waals surface area (Å²) in [5, 5.41) is 0. The second-order valence-electron chi connectivity index (χ2n) is 5.47. The van der Waals surface area contributed by atoms with E-state index in [1.807, 2.05) is 0 Å². The van der Waals surface area contributed by atoms with Gasteiger partial charge in [-0.2, -0.15) is 0 Å². The summed E-state index contributed by atoms with van der Waals surface area (Å²) in [5.74, 6) is 0. The minimum Gasteiger partial charge on any atom is -0.357 e. The van der Waals surface area contributed by atoms with Crippen molar-refractivity contribution in [2.45, 2.75) is 26.3 Å². The summed E-state index contributed by atoms with van der Waals surface area (Å²) >= 11 is 0. The van der Waals surface area contributed by atoms with Crippen molar-refractivity contribution in [2.75, 3.05) is 11.4 Å². The molecular formula is C17H19N. The highest BCUT2D eigenvalue weighted by molar-refractivity contribution is 5.67. The van der Waals surface area contributed by atoms with E-state index in [1.54, 1.807) is 0 Å². The summed E-state index contributed by atoms with van der Waals surface area (Å²) in [7, 11) is 0. The van der Waals surface area contributed by atoms with E-state index in [0.717, 1.165) is 6.54 Å². The average Bonchev–Trinajstić information content (AvgIpc) is 3.04. The van der Waals surface area contributed by atoms with Crippen LogP contribution in [0.3, 0.4) is 0 Å². The van der Waals surface area contributed by atoms with Crippen molar-refractivity contribution < 1.29 is 0 Å². The van der Waals surface area contributed by atoms with E-state index < -0.39 is 0 Å². The standard InChI is InChI=1S/C17H19N/c1-13-8-7-9-14(2)16(13)18-12-17(18,3)15-10-5-4-6-11-15/h4-11H,12H2,1-3H3. The number of nitrogens with zero attached hydrogens (tertiary/aromatic N) is 1. The topological polar surface area (TPSA) is 3.01 Å². The molecule has 0 bridgehead atoms. The van der Waals surface area contributed by atoms with Gasteiger partial charge in [0, 0.05) is 12.2 Å².